The molecule has 106 valence electrons. The number of carbonyl (C=O) groups is 3. The highest BCUT2D eigenvalue weighted by molar-refractivity contribution is 6.52. The van der Waals surface area contributed by atoms with Crippen molar-refractivity contribution in [1.29, 1.82) is 0 Å². The molecule has 1 aliphatic rings. The van der Waals surface area contributed by atoms with Crippen molar-refractivity contribution in [1.82, 2.24) is 0 Å². The summed E-state index contributed by atoms with van der Waals surface area (Å²) in [6, 6.07) is 5.18. The Hall–Kier alpha value is -2.96. The third-order valence-electron chi connectivity index (χ3n) is 3.21. The van der Waals surface area contributed by atoms with Crippen LogP contribution in [0.25, 0.3) is 0 Å². The summed E-state index contributed by atoms with van der Waals surface area (Å²) in [5, 5.41) is 8.96. The molecule has 7 heteroatoms. The largest absolute Gasteiger partial charge is 0.475 e. The van der Waals surface area contributed by atoms with Gasteiger partial charge in [0.2, 0.25) is 5.76 Å². The smallest absolute Gasteiger partial charge is 0.372 e. The van der Waals surface area contributed by atoms with Gasteiger partial charge >= 0.3 is 5.97 Å². The number of carbonyl (C=O) groups excluding carboxylic acids is 2. The lowest BCUT2D eigenvalue weighted by molar-refractivity contribution is -0.114. The lowest BCUT2D eigenvalue weighted by Crippen LogP contribution is -2.30. The Bertz CT molecular complexity index is 779. The molecule has 0 aliphatic carbocycles. The number of nitrogens with zero attached hydrogens (tertiary/aromatic N) is 1. The van der Waals surface area contributed by atoms with Gasteiger partial charge in [-0.05, 0) is 18.2 Å². The van der Waals surface area contributed by atoms with Crippen LogP contribution in [0, 0.1) is 5.82 Å². The van der Waals surface area contributed by atoms with Crippen LogP contribution in [0.5, 0.6) is 0 Å². The minimum atomic E-state index is -1.30. The van der Waals surface area contributed by atoms with E-state index in [4.69, 9.17) is 9.52 Å². The first kappa shape index (κ1) is 13.0. The first-order valence-corrected chi connectivity index (χ1v) is 5.95. The Morgan fingerprint density at radius 3 is 2.76 bits per heavy atom. The van der Waals surface area contributed by atoms with Gasteiger partial charge in [0.25, 0.3) is 11.7 Å². The lowest BCUT2D eigenvalue weighted by atomic mass is 10.1. The van der Waals surface area contributed by atoms with Crippen molar-refractivity contribution in [2.24, 2.45) is 0 Å². The highest BCUT2D eigenvalue weighted by Gasteiger charge is 2.38. The van der Waals surface area contributed by atoms with Gasteiger partial charge in [0.05, 0.1) is 24.1 Å². The molecule has 1 amide bonds. The summed E-state index contributed by atoms with van der Waals surface area (Å²) in [6.07, 6.45) is 1.16. The van der Waals surface area contributed by atoms with E-state index in [1.165, 1.54) is 18.2 Å². The molecule has 0 saturated carbocycles. The average molecular weight is 289 g/mol. The zero-order valence-electron chi connectivity index (χ0n) is 10.5. The number of aromatic carboxylic acids is 1. The molecule has 0 fully saturated rings. The maximum atomic E-state index is 13.9. The van der Waals surface area contributed by atoms with Gasteiger partial charge in [-0.25, -0.2) is 9.18 Å². The number of carboxylic acids is 1. The first-order valence-electron chi connectivity index (χ1n) is 5.95. The molecule has 6 nitrogen and oxygen atoms in total. The zero-order valence-corrected chi connectivity index (χ0v) is 10.5. The molecule has 0 atom stereocenters. The molecule has 0 saturated heterocycles. The first-order chi connectivity index (χ1) is 10.0. The van der Waals surface area contributed by atoms with Crippen molar-refractivity contribution in [2.45, 2.75) is 6.54 Å². The summed E-state index contributed by atoms with van der Waals surface area (Å²) in [7, 11) is 0. The summed E-state index contributed by atoms with van der Waals surface area (Å²) >= 11 is 0. The van der Waals surface area contributed by atoms with E-state index in [2.05, 4.69) is 0 Å². The second-order valence-electron chi connectivity index (χ2n) is 4.44. The third kappa shape index (κ3) is 1.90. The number of amides is 1. The predicted molar refractivity (Wildman–Crippen MR) is 67.6 cm³/mol. The molecule has 0 bridgehead atoms. The molecular formula is C14H8FNO5. The normalized spacial score (nSPS) is 13.7. The number of hydrogen-bond donors (Lipinski definition) is 1. The summed E-state index contributed by atoms with van der Waals surface area (Å²) in [4.78, 5) is 35.7. The molecule has 1 aromatic heterocycles. The van der Waals surface area contributed by atoms with E-state index in [1.807, 2.05) is 0 Å². The second kappa shape index (κ2) is 4.55. The molecule has 21 heavy (non-hydrogen) atoms. The molecule has 1 aromatic carbocycles. The SMILES string of the molecule is O=C1C(=O)N(Cc2ccoc2C(=O)O)c2c(F)cccc21. The van der Waals surface area contributed by atoms with E-state index in [0.717, 1.165) is 17.2 Å². The number of Topliss-reactive ketones (excluding diaryl/α,β-unsaturated/α-hetero) is 1. The Balaban J connectivity index is 2.05. The van der Waals surface area contributed by atoms with Crippen LogP contribution in [-0.4, -0.2) is 22.8 Å². The van der Waals surface area contributed by atoms with Crippen molar-refractivity contribution < 1.29 is 28.3 Å². The van der Waals surface area contributed by atoms with Gasteiger partial charge in [0.15, 0.2) is 0 Å². The molecule has 0 spiro atoms. The number of halogens is 1. The van der Waals surface area contributed by atoms with Crippen molar-refractivity contribution in [3.63, 3.8) is 0 Å². The maximum Gasteiger partial charge on any atom is 0.372 e. The molecule has 2 heterocycles. The van der Waals surface area contributed by atoms with Crippen molar-refractivity contribution in [2.75, 3.05) is 4.90 Å². The fourth-order valence-corrected chi connectivity index (χ4v) is 2.28. The number of hydrogen-bond acceptors (Lipinski definition) is 4. The van der Waals surface area contributed by atoms with Gasteiger partial charge in [0, 0.05) is 5.56 Å². The molecule has 1 N–H and O–H groups in total. The standard InChI is InChI=1S/C14H8FNO5/c15-9-3-1-2-8-10(9)16(13(18)11(8)17)6-7-4-5-21-12(7)14(19)20/h1-5H,6H2,(H,19,20). The third-order valence-corrected chi connectivity index (χ3v) is 3.21. The van der Waals surface area contributed by atoms with Crippen LogP contribution in [-0.2, 0) is 11.3 Å². The zero-order chi connectivity index (χ0) is 15.1. The van der Waals surface area contributed by atoms with E-state index in [1.54, 1.807) is 0 Å². The lowest BCUT2D eigenvalue weighted by Gasteiger charge is -2.16. The van der Waals surface area contributed by atoms with Crippen LogP contribution in [0.2, 0.25) is 0 Å². The number of anilines is 1. The highest BCUT2D eigenvalue weighted by Crippen LogP contribution is 2.33. The number of ketones is 1. The van der Waals surface area contributed by atoms with Crippen molar-refractivity contribution in [3.8, 4) is 0 Å². The van der Waals surface area contributed by atoms with E-state index < -0.39 is 23.5 Å². The topological polar surface area (TPSA) is 87.8 Å². The van der Waals surface area contributed by atoms with Crippen molar-refractivity contribution >= 4 is 23.3 Å². The van der Waals surface area contributed by atoms with Gasteiger partial charge in [-0.15, -0.1) is 0 Å². The molecule has 1 aliphatic heterocycles. The average Bonchev–Trinajstić information content (AvgIpc) is 2.99. The van der Waals surface area contributed by atoms with E-state index >= 15 is 0 Å². The summed E-state index contributed by atoms with van der Waals surface area (Å²) in [6.45, 7) is -0.253. The van der Waals surface area contributed by atoms with Crippen LogP contribution in [0.3, 0.4) is 0 Å². The quantitative estimate of drug-likeness (QED) is 0.871. The van der Waals surface area contributed by atoms with Crippen LogP contribution in [0.1, 0.15) is 26.5 Å². The van der Waals surface area contributed by atoms with E-state index in [-0.39, 0.29) is 29.1 Å². The fraction of sp³-hybridized carbons (Fsp3) is 0.0714. The van der Waals surface area contributed by atoms with Gasteiger partial charge in [-0.2, -0.15) is 0 Å². The summed E-state index contributed by atoms with van der Waals surface area (Å²) in [5.41, 5.74) is 0.0187. The van der Waals surface area contributed by atoms with Crippen LogP contribution in [0.15, 0.2) is 34.9 Å². The minimum Gasteiger partial charge on any atom is -0.475 e. The van der Waals surface area contributed by atoms with Crippen molar-refractivity contribution in [3.05, 3.63) is 53.2 Å². The number of rotatable bonds is 3. The Morgan fingerprint density at radius 1 is 1.29 bits per heavy atom. The summed E-state index contributed by atoms with van der Waals surface area (Å²) < 4.78 is 18.7. The minimum absolute atomic E-state index is 0.0274. The van der Waals surface area contributed by atoms with Gasteiger partial charge in [0.1, 0.15) is 5.82 Å². The van der Waals surface area contributed by atoms with Crippen LogP contribution < -0.4 is 4.90 Å². The Labute approximate surface area is 117 Å². The fourth-order valence-electron chi connectivity index (χ4n) is 2.28. The number of furan rings is 1. The monoisotopic (exact) mass is 289 g/mol. The van der Waals surface area contributed by atoms with E-state index in [0.29, 0.717) is 0 Å². The Kier molecular flexibility index (Phi) is 2.83. The van der Waals surface area contributed by atoms with Gasteiger partial charge < -0.3 is 9.52 Å². The second-order valence-corrected chi connectivity index (χ2v) is 4.44. The molecule has 0 unspecified atom stereocenters. The Morgan fingerprint density at radius 2 is 2.05 bits per heavy atom. The number of benzene rings is 1. The van der Waals surface area contributed by atoms with Crippen LogP contribution in [0.4, 0.5) is 10.1 Å². The summed E-state index contributed by atoms with van der Waals surface area (Å²) in [5.74, 6) is -4.08. The number of carboxylic acid groups (broad SMARTS) is 1. The van der Waals surface area contributed by atoms with Crippen LogP contribution >= 0.6 is 0 Å². The van der Waals surface area contributed by atoms with Gasteiger partial charge in [-0.3, -0.25) is 14.5 Å². The van der Waals surface area contributed by atoms with Gasteiger partial charge in [-0.1, -0.05) is 6.07 Å². The maximum absolute atomic E-state index is 13.9. The molecule has 3 rings (SSSR count). The van der Waals surface area contributed by atoms with E-state index in [9.17, 15) is 18.8 Å². The number of fused-ring (bicyclic) bond motifs is 1. The number of para-hydroxylation sites is 1. The highest BCUT2D eigenvalue weighted by atomic mass is 19.1. The molecule has 0 radical (unpaired) electrons. The molecular weight excluding hydrogens is 281 g/mol. The molecule has 2 aromatic rings. The predicted octanol–water partition coefficient (Wildman–Crippen LogP) is 1.85.